The van der Waals surface area contributed by atoms with Crippen LogP contribution in [0, 0.1) is 0 Å². The maximum absolute atomic E-state index is 12.3. The first kappa shape index (κ1) is 16.5. The van der Waals surface area contributed by atoms with Gasteiger partial charge in [0.15, 0.2) is 0 Å². The van der Waals surface area contributed by atoms with Crippen molar-refractivity contribution in [2.45, 2.75) is 56.5 Å². The Kier molecular flexibility index (Phi) is 5.40. The fraction of sp³-hybridized carbons (Fsp3) is 0.786. The van der Waals surface area contributed by atoms with Gasteiger partial charge in [-0.05, 0) is 32.7 Å². The topological polar surface area (TPSA) is 67.2 Å². The summed E-state index contributed by atoms with van der Waals surface area (Å²) < 4.78 is 29.0. The highest BCUT2D eigenvalue weighted by atomic mass is 32.2. The smallest absolute Gasteiger partial charge is 0.243 e. The van der Waals surface area contributed by atoms with Crippen LogP contribution in [0.5, 0.6) is 0 Å². The SMILES string of the molecule is CCCC(C)N1CCCC(NS(=O)(=O)c2cnn(C)c2)C1. The Morgan fingerprint density at radius 3 is 2.90 bits per heavy atom. The fourth-order valence-corrected chi connectivity index (χ4v) is 4.17. The lowest BCUT2D eigenvalue weighted by Gasteiger charge is -2.36. The predicted molar refractivity (Wildman–Crippen MR) is 82.5 cm³/mol. The predicted octanol–water partition coefficient (Wildman–Crippen LogP) is 1.35. The lowest BCUT2D eigenvalue weighted by Crippen LogP contribution is -2.50. The number of rotatable bonds is 6. The zero-order valence-corrected chi connectivity index (χ0v) is 13.9. The van der Waals surface area contributed by atoms with Crippen molar-refractivity contribution in [3.05, 3.63) is 12.4 Å². The van der Waals surface area contributed by atoms with E-state index >= 15 is 0 Å². The van der Waals surface area contributed by atoms with Crippen LogP contribution in [0.25, 0.3) is 0 Å². The van der Waals surface area contributed by atoms with Gasteiger partial charge in [0.05, 0.1) is 6.20 Å². The molecule has 1 aromatic heterocycles. The molecule has 1 aromatic rings. The maximum atomic E-state index is 12.3. The number of likely N-dealkylation sites (tertiary alicyclic amines) is 1. The molecule has 0 bridgehead atoms. The van der Waals surface area contributed by atoms with Gasteiger partial charge in [0.25, 0.3) is 0 Å². The van der Waals surface area contributed by atoms with E-state index in [1.165, 1.54) is 17.1 Å². The largest absolute Gasteiger partial charge is 0.299 e. The third kappa shape index (κ3) is 4.28. The second-order valence-electron chi connectivity index (χ2n) is 5.94. The molecule has 21 heavy (non-hydrogen) atoms. The van der Waals surface area contributed by atoms with E-state index in [0.29, 0.717) is 6.04 Å². The number of nitrogens with zero attached hydrogens (tertiary/aromatic N) is 3. The van der Waals surface area contributed by atoms with Gasteiger partial charge in [-0.2, -0.15) is 5.10 Å². The first-order valence-corrected chi connectivity index (χ1v) is 9.15. The van der Waals surface area contributed by atoms with E-state index in [-0.39, 0.29) is 10.9 Å². The number of sulfonamides is 1. The van der Waals surface area contributed by atoms with E-state index in [9.17, 15) is 8.42 Å². The Bertz CT molecular complexity index is 555. The monoisotopic (exact) mass is 314 g/mol. The molecular weight excluding hydrogens is 288 g/mol. The van der Waals surface area contributed by atoms with Crippen molar-refractivity contribution in [2.24, 2.45) is 7.05 Å². The third-order valence-electron chi connectivity index (χ3n) is 4.10. The highest BCUT2D eigenvalue weighted by Gasteiger charge is 2.27. The van der Waals surface area contributed by atoms with E-state index in [4.69, 9.17) is 0 Å². The Hall–Kier alpha value is -0.920. The van der Waals surface area contributed by atoms with Gasteiger partial charge in [-0.3, -0.25) is 9.58 Å². The third-order valence-corrected chi connectivity index (χ3v) is 5.57. The molecule has 1 aliphatic rings. The Morgan fingerprint density at radius 1 is 1.52 bits per heavy atom. The molecule has 2 rings (SSSR count). The Morgan fingerprint density at radius 2 is 2.29 bits per heavy atom. The fourth-order valence-electron chi connectivity index (χ4n) is 2.93. The number of piperidine rings is 1. The van der Waals surface area contributed by atoms with Crippen LogP contribution < -0.4 is 4.72 Å². The van der Waals surface area contributed by atoms with E-state index in [0.717, 1.165) is 38.8 Å². The molecule has 1 N–H and O–H groups in total. The average molecular weight is 314 g/mol. The number of nitrogens with one attached hydrogen (secondary N) is 1. The zero-order valence-electron chi connectivity index (χ0n) is 13.1. The summed E-state index contributed by atoms with van der Waals surface area (Å²) in [5.41, 5.74) is 0. The molecule has 0 aromatic carbocycles. The number of hydrogen-bond donors (Lipinski definition) is 1. The number of hydrogen-bond acceptors (Lipinski definition) is 4. The van der Waals surface area contributed by atoms with Crippen molar-refractivity contribution >= 4 is 10.0 Å². The quantitative estimate of drug-likeness (QED) is 0.861. The van der Waals surface area contributed by atoms with Crippen molar-refractivity contribution in [3.63, 3.8) is 0 Å². The molecule has 2 unspecified atom stereocenters. The van der Waals surface area contributed by atoms with Crippen molar-refractivity contribution < 1.29 is 8.42 Å². The van der Waals surface area contributed by atoms with E-state index < -0.39 is 10.0 Å². The summed E-state index contributed by atoms with van der Waals surface area (Å²) in [6.07, 6.45) is 7.17. The van der Waals surface area contributed by atoms with Crippen LogP contribution in [-0.4, -0.2) is 48.3 Å². The Balaban J connectivity index is 1.99. The number of aromatic nitrogens is 2. The van der Waals surface area contributed by atoms with Crippen LogP contribution >= 0.6 is 0 Å². The lowest BCUT2D eigenvalue weighted by atomic mass is 10.0. The van der Waals surface area contributed by atoms with Crippen LogP contribution in [0.3, 0.4) is 0 Å². The van der Waals surface area contributed by atoms with Crippen LogP contribution in [-0.2, 0) is 17.1 Å². The summed E-state index contributed by atoms with van der Waals surface area (Å²) in [7, 11) is -1.74. The summed E-state index contributed by atoms with van der Waals surface area (Å²) in [5, 5.41) is 3.93. The summed E-state index contributed by atoms with van der Waals surface area (Å²) in [6, 6.07) is 0.504. The minimum absolute atomic E-state index is 0.0109. The van der Waals surface area contributed by atoms with Crippen LogP contribution in [0.4, 0.5) is 0 Å². The van der Waals surface area contributed by atoms with Crippen LogP contribution in [0.1, 0.15) is 39.5 Å². The van der Waals surface area contributed by atoms with Crippen molar-refractivity contribution in [3.8, 4) is 0 Å². The van der Waals surface area contributed by atoms with Crippen LogP contribution in [0.2, 0.25) is 0 Å². The van der Waals surface area contributed by atoms with Crippen molar-refractivity contribution in [1.82, 2.24) is 19.4 Å². The molecule has 6 nitrogen and oxygen atoms in total. The Labute approximate surface area is 127 Å². The summed E-state index contributed by atoms with van der Waals surface area (Å²) in [4.78, 5) is 2.63. The van der Waals surface area contributed by atoms with Gasteiger partial charge in [0.1, 0.15) is 4.90 Å². The van der Waals surface area contributed by atoms with Gasteiger partial charge in [-0.25, -0.2) is 13.1 Å². The first-order chi connectivity index (χ1) is 9.92. The minimum Gasteiger partial charge on any atom is -0.299 e. The second kappa shape index (κ2) is 6.89. The van der Waals surface area contributed by atoms with Gasteiger partial charge in [-0.15, -0.1) is 0 Å². The average Bonchev–Trinajstić information content (AvgIpc) is 2.86. The molecule has 1 fully saturated rings. The van der Waals surface area contributed by atoms with Crippen molar-refractivity contribution in [1.29, 1.82) is 0 Å². The molecule has 1 saturated heterocycles. The molecule has 2 atom stereocenters. The molecule has 0 amide bonds. The molecular formula is C14H26N4O2S. The normalized spacial score (nSPS) is 22.3. The summed E-state index contributed by atoms with van der Waals surface area (Å²) >= 11 is 0. The van der Waals surface area contributed by atoms with Gasteiger partial charge in [0.2, 0.25) is 10.0 Å². The van der Waals surface area contributed by atoms with Gasteiger partial charge in [-0.1, -0.05) is 13.3 Å². The molecule has 2 heterocycles. The summed E-state index contributed by atoms with van der Waals surface area (Å²) in [6.45, 7) is 6.26. The standard InChI is InChI=1S/C14H26N4O2S/c1-4-6-12(2)18-8-5-7-13(10-18)16-21(19,20)14-9-15-17(3)11-14/h9,11-13,16H,4-8,10H2,1-3H3. The highest BCUT2D eigenvalue weighted by molar-refractivity contribution is 7.89. The molecule has 0 aliphatic carbocycles. The van der Waals surface area contributed by atoms with Gasteiger partial charge < -0.3 is 0 Å². The van der Waals surface area contributed by atoms with Crippen molar-refractivity contribution in [2.75, 3.05) is 13.1 Å². The molecule has 0 saturated carbocycles. The van der Waals surface area contributed by atoms with E-state index in [1.54, 1.807) is 7.05 Å². The molecule has 1 aliphatic heterocycles. The molecule has 0 radical (unpaired) electrons. The van der Waals surface area contributed by atoms with E-state index in [1.807, 2.05) is 0 Å². The minimum atomic E-state index is -3.46. The summed E-state index contributed by atoms with van der Waals surface area (Å²) in [5.74, 6) is 0. The van der Waals surface area contributed by atoms with Gasteiger partial charge in [0, 0.05) is 31.9 Å². The molecule has 0 spiro atoms. The second-order valence-corrected chi connectivity index (χ2v) is 7.66. The molecule has 120 valence electrons. The highest BCUT2D eigenvalue weighted by Crippen LogP contribution is 2.17. The van der Waals surface area contributed by atoms with Gasteiger partial charge >= 0.3 is 0 Å². The first-order valence-electron chi connectivity index (χ1n) is 7.67. The van der Waals surface area contributed by atoms with Crippen LogP contribution in [0.15, 0.2) is 17.3 Å². The zero-order chi connectivity index (χ0) is 15.5. The van der Waals surface area contributed by atoms with E-state index in [2.05, 4.69) is 28.6 Å². The lowest BCUT2D eigenvalue weighted by molar-refractivity contribution is 0.147. The maximum Gasteiger partial charge on any atom is 0.243 e. The molecule has 7 heteroatoms. The number of aryl methyl sites for hydroxylation is 1.